The SMILES string of the molecule is CC(C)(C)OCC(C=O)OC(C=O)OCC1OC(C(C)(C)C)C(O)C(O)C1O. The molecule has 1 fully saturated rings. The fourth-order valence-corrected chi connectivity index (χ4v) is 2.72. The first-order valence-electron chi connectivity index (χ1n) is 9.31. The molecular formula is C19H34O9. The number of carbonyl (C=O) groups is 2. The maximum Gasteiger partial charge on any atom is 0.215 e. The summed E-state index contributed by atoms with van der Waals surface area (Å²) in [6, 6.07) is 0. The molecule has 3 N–H and O–H groups in total. The average Bonchev–Trinajstić information content (AvgIpc) is 2.58. The minimum atomic E-state index is -1.43. The minimum absolute atomic E-state index is 0.0553. The lowest BCUT2D eigenvalue weighted by atomic mass is 9.80. The summed E-state index contributed by atoms with van der Waals surface area (Å²) in [6.45, 7) is 10.6. The molecule has 0 aromatic rings. The second-order valence-corrected chi connectivity index (χ2v) is 9.00. The molecule has 9 heteroatoms. The van der Waals surface area contributed by atoms with Crippen LogP contribution in [0.1, 0.15) is 41.5 Å². The van der Waals surface area contributed by atoms with E-state index in [1.807, 2.05) is 41.5 Å². The number of aliphatic hydroxyl groups excluding tert-OH is 3. The molecule has 0 aromatic carbocycles. The zero-order valence-corrected chi connectivity index (χ0v) is 17.4. The Morgan fingerprint density at radius 2 is 1.57 bits per heavy atom. The van der Waals surface area contributed by atoms with Gasteiger partial charge in [0.05, 0.1) is 24.9 Å². The third-order valence-electron chi connectivity index (χ3n) is 4.24. The second kappa shape index (κ2) is 10.2. The van der Waals surface area contributed by atoms with E-state index in [9.17, 15) is 24.9 Å². The van der Waals surface area contributed by atoms with Gasteiger partial charge in [-0.25, -0.2) is 0 Å². The van der Waals surface area contributed by atoms with E-state index in [2.05, 4.69) is 0 Å². The van der Waals surface area contributed by atoms with Gasteiger partial charge in [0.2, 0.25) is 6.29 Å². The molecule has 1 rings (SSSR count). The highest BCUT2D eigenvalue weighted by molar-refractivity contribution is 5.58. The molecule has 0 aromatic heterocycles. The third kappa shape index (κ3) is 7.47. The molecule has 0 saturated carbocycles. The molecule has 1 aliphatic heterocycles. The minimum Gasteiger partial charge on any atom is -0.388 e. The van der Waals surface area contributed by atoms with E-state index in [1.165, 1.54) is 0 Å². The number of hydrogen-bond acceptors (Lipinski definition) is 9. The Balaban J connectivity index is 2.67. The van der Waals surface area contributed by atoms with Crippen LogP contribution < -0.4 is 0 Å². The molecule has 0 spiro atoms. The highest BCUT2D eigenvalue weighted by Crippen LogP contribution is 2.33. The molecule has 7 unspecified atom stereocenters. The lowest BCUT2D eigenvalue weighted by Gasteiger charge is -2.45. The van der Waals surface area contributed by atoms with Crippen molar-refractivity contribution in [2.75, 3.05) is 13.2 Å². The number of ether oxygens (including phenoxy) is 4. The van der Waals surface area contributed by atoms with Crippen LogP contribution in [0.15, 0.2) is 0 Å². The number of aliphatic hydroxyl groups is 3. The third-order valence-corrected chi connectivity index (χ3v) is 4.24. The fourth-order valence-electron chi connectivity index (χ4n) is 2.72. The normalized spacial score (nSPS) is 31.2. The topological polar surface area (TPSA) is 132 Å². The summed E-state index contributed by atoms with van der Waals surface area (Å²) < 4.78 is 21.8. The molecule has 0 aliphatic carbocycles. The van der Waals surface area contributed by atoms with Crippen LogP contribution in [0, 0.1) is 5.41 Å². The van der Waals surface area contributed by atoms with Crippen LogP contribution in [0.3, 0.4) is 0 Å². The Morgan fingerprint density at radius 1 is 0.964 bits per heavy atom. The van der Waals surface area contributed by atoms with Crippen LogP contribution in [0.5, 0.6) is 0 Å². The largest absolute Gasteiger partial charge is 0.388 e. The Morgan fingerprint density at radius 3 is 2.04 bits per heavy atom. The molecule has 9 nitrogen and oxygen atoms in total. The lowest BCUT2D eigenvalue weighted by molar-refractivity contribution is -0.264. The lowest BCUT2D eigenvalue weighted by Crippen LogP contribution is -2.61. The monoisotopic (exact) mass is 406 g/mol. The predicted octanol–water partition coefficient (Wildman–Crippen LogP) is -0.177. The van der Waals surface area contributed by atoms with Crippen molar-refractivity contribution < 1.29 is 43.9 Å². The number of rotatable bonds is 9. The van der Waals surface area contributed by atoms with Gasteiger partial charge < -0.3 is 39.1 Å². The van der Waals surface area contributed by atoms with Crippen molar-refractivity contribution in [1.82, 2.24) is 0 Å². The van der Waals surface area contributed by atoms with Gasteiger partial charge in [0, 0.05) is 0 Å². The van der Waals surface area contributed by atoms with Gasteiger partial charge in [0.25, 0.3) is 0 Å². The number of aldehydes is 2. The summed E-state index contributed by atoms with van der Waals surface area (Å²) in [4.78, 5) is 22.4. The van der Waals surface area contributed by atoms with Crippen molar-refractivity contribution in [3.05, 3.63) is 0 Å². The van der Waals surface area contributed by atoms with Crippen LogP contribution in [-0.4, -0.2) is 89.6 Å². The van der Waals surface area contributed by atoms with Crippen LogP contribution in [0.2, 0.25) is 0 Å². The molecular weight excluding hydrogens is 372 g/mol. The van der Waals surface area contributed by atoms with Gasteiger partial charge in [-0.1, -0.05) is 20.8 Å². The smallest absolute Gasteiger partial charge is 0.215 e. The highest BCUT2D eigenvalue weighted by atomic mass is 16.7. The van der Waals surface area contributed by atoms with E-state index in [1.54, 1.807) is 0 Å². The first-order valence-corrected chi connectivity index (χ1v) is 9.31. The van der Waals surface area contributed by atoms with Gasteiger partial charge in [0.15, 0.2) is 12.6 Å². The summed E-state index contributed by atoms with van der Waals surface area (Å²) in [6.07, 6.45) is -7.36. The van der Waals surface area contributed by atoms with Gasteiger partial charge in [-0.2, -0.15) is 0 Å². The van der Waals surface area contributed by atoms with Gasteiger partial charge in [-0.05, 0) is 26.2 Å². The van der Waals surface area contributed by atoms with Crippen LogP contribution in [-0.2, 0) is 28.5 Å². The Kier molecular flexibility index (Phi) is 9.14. The molecule has 7 atom stereocenters. The van der Waals surface area contributed by atoms with Crippen molar-refractivity contribution in [3.63, 3.8) is 0 Å². The maximum absolute atomic E-state index is 11.3. The van der Waals surface area contributed by atoms with Crippen molar-refractivity contribution in [1.29, 1.82) is 0 Å². The standard InChI is InChI=1S/C19H34O9/c1-18(2,3)17-16(24)15(23)14(22)12(28-17)10-25-13(8-21)27-11(7-20)9-26-19(4,5)6/h7-8,11-17,22-24H,9-10H2,1-6H3. The van der Waals surface area contributed by atoms with Crippen molar-refractivity contribution >= 4 is 12.6 Å². The van der Waals surface area contributed by atoms with Gasteiger partial charge in [-0.15, -0.1) is 0 Å². The fraction of sp³-hybridized carbons (Fsp3) is 0.895. The molecule has 28 heavy (non-hydrogen) atoms. The van der Waals surface area contributed by atoms with E-state index in [-0.39, 0.29) is 13.2 Å². The van der Waals surface area contributed by atoms with Crippen LogP contribution in [0.25, 0.3) is 0 Å². The van der Waals surface area contributed by atoms with Crippen LogP contribution >= 0.6 is 0 Å². The van der Waals surface area contributed by atoms with E-state index in [4.69, 9.17) is 18.9 Å². The molecule has 1 saturated heterocycles. The quantitative estimate of drug-likeness (QED) is 0.352. The zero-order chi connectivity index (χ0) is 21.7. The van der Waals surface area contributed by atoms with Crippen molar-refractivity contribution in [2.45, 2.75) is 90.1 Å². The molecule has 0 radical (unpaired) electrons. The molecule has 1 aliphatic rings. The molecule has 0 bridgehead atoms. The predicted molar refractivity (Wildman–Crippen MR) is 98.6 cm³/mol. The zero-order valence-electron chi connectivity index (χ0n) is 17.4. The van der Waals surface area contributed by atoms with E-state index in [0.29, 0.717) is 12.6 Å². The van der Waals surface area contributed by atoms with Gasteiger partial charge in [-0.3, -0.25) is 4.79 Å². The van der Waals surface area contributed by atoms with Gasteiger partial charge in [0.1, 0.15) is 30.5 Å². The number of carbonyl (C=O) groups excluding carboxylic acids is 2. The van der Waals surface area contributed by atoms with E-state index < -0.39 is 53.9 Å². The first-order chi connectivity index (χ1) is 12.8. The first kappa shape index (κ1) is 25.1. The van der Waals surface area contributed by atoms with E-state index >= 15 is 0 Å². The summed E-state index contributed by atoms with van der Waals surface area (Å²) >= 11 is 0. The van der Waals surface area contributed by atoms with Crippen LogP contribution in [0.4, 0.5) is 0 Å². The van der Waals surface area contributed by atoms with Gasteiger partial charge >= 0.3 is 0 Å². The van der Waals surface area contributed by atoms with E-state index in [0.717, 1.165) is 0 Å². The Bertz CT molecular complexity index is 497. The second-order valence-electron chi connectivity index (χ2n) is 9.00. The highest BCUT2D eigenvalue weighted by Gasteiger charge is 2.48. The average molecular weight is 406 g/mol. The number of hydrogen-bond donors (Lipinski definition) is 3. The summed E-state index contributed by atoms with van der Waals surface area (Å²) in [7, 11) is 0. The summed E-state index contributed by atoms with van der Waals surface area (Å²) in [5.41, 5.74) is -0.993. The Hall–Kier alpha value is -0.940. The molecule has 164 valence electrons. The van der Waals surface area contributed by atoms with Crippen molar-refractivity contribution in [3.8, 4) is 0 Å². The Labute approximate surface area is 165 Å². The maximum atomic E-state index is 11.3. The molecule has 0 amide bonds. The van der Waals surface area contributed by atoms with Crippen molar-refractivity contribution in [2.24, 2.45) is 5.41 Å². The summed E-state index contributed by atoms with van der Waals surface area (Å²) in [5, 5.41) is 30.4. The summed E-state index contributed by atoms with van der Waals surface area (Å²) in [5.74, 6) is 0. The molecule has 1 heterocycles.